The monoisotopic (exact) mass is 228 g/mol. The molecule has 0 atom stereocenters. The van der Waals surface area contributed by atoms with Gasteiger partial charge in [-0.15, -0.1) is 0 Å². The first-order chi connectivity index (χ1) is 8.09. The molecule has 2 aromatic carbocycles. The van der Waals surface area contributed by atoms with Crippen LogP contribution in [0, 0.1) is 6.92 Å². The van der Waals surface area contributed by atoms with E-state index in [-0.39, 0.29) is 0 Å². The van der Waals surface area contributed by atoms with Crippen LogP contribution in [-0.2, 0) is 0 Å². The Morgan fingerprint density at radius 2 is 1.35 bits per heavy atom. The Balaban J connectivity index is 0.000000181. The third-order valence-corrected chi connectivity index (χ3v) is 2.35. The lowest BCUT2D eigenvalue weighted by atomic mass is 10.2. The van der Waals surface area contributed by atoms with E-state index in [1.165, 1.54) is 11.3 Å². The molecule has 0 bridgehead atoms. The molecule has 90 valence electrons. The summed E-state index contributed by atoms with van der Waals surface area (Å²) in [6.07, 6.45) is 0. The van der Waals surface area contributed by atoms with Gasteiger partial charge in [0, 0.05) is 25.5 Å². The Morgan fingerprint density at radius 3 is 1.71 bits per heavy atom. The first-order valence-corrected chi connectivity index (χ1v) is 5.64. The van der Waals surface area contributed by atoms with Crippen molar-refractivity contribution in [2.75, 3.05) is 24.7 Å². The predicted molar refractivity (Wildman–Crippen MR) is 76.4 cm³/mol. The largest absolute Gasteiger partial charge is 0.399 e. The van der Waals surface area contributed by atoms with Gasteiger partial charge in [-0.1, -0.05) is 35.9 Å². The van der Waals surface area contributed by atoms with Gasteiger partial charge in [0.25, 0.3) is 0 Å². The van der Waals surface area contributed by atoms with Gasteiger partial charge in [-0.25, -0.2) is 0 Å². The first kappa shape index (κ1) is 13.1. The van der Waals surface area contributed by atoms with Crippen molar-refractivity contribution >= 4 is 11.4 Å². The van der Waals surface area contributed by atoms with Crippen LogP contribution >= 0.6 is 0 Å². The quantitative estimate of drug-likeness (QED) is 0.759. The summed E-state index contributed by atoms with van der Waals surface area (Å²) in [6.45, 7) is 2.10. The fourth-order valence-corrected chi connectivity index (χ4v) is 1.30. The number of aryl methyl sites for hydroxylation is 1. The molecule has 0 aromatic heterocycles. The molecule has 2 rings (SSSR count). The van der Waals surface area contributed by atoms with Gasteiger partial charge in [0.2, 0.25) is 0 Å². The van der Waals surface area contributed by atoms with E-state index in [0.717, 1.165) is 5.69 Å². The first-order valence-electron chi connectivity index (χ1n) is 5.64. The molecule has 17 heavy (non-hydrogen) atoms. The van der Waals surface area contributed by atoms with Crippen molar-refractivity contribution in [2.24, 2.45) is 0 Å². The third kappa shape index (κ3) is 5.07. The summed E-state index contributed by atoms with van der Waals surface area (Å²) < 4.78 is 0. The molecule has 0 aliphatic heterocycles. The van der Waals surface area contributed by atoms with Crippen molar-refractivity contribution < 1.29 is 0 Å². The van der Waals surface area contributed by atoms with Crippen molar-refractivity contribution in [3.8, 4) is 0 Å². The Kier molecular flexibility index (Phi) is 5.08. The second-order valence-electron chi connectivity index (χ2n) is 4.14. The van der Waals surface area contributed by atoms with Gasteiger partial charge < -0.3 is 10.6 Å². The molecular weight excluding hydrogens is 208 g/mol. The topological polar surface area (TPSA) is 29.3 Å². The second-order valence-corrected chi connectivity index (χ2v) is 4.14. The zero-order valence-electron chi connectivity index (χ0n) is 10.7. The molecule has 0 aliphatic carbocycles. The third-order valence-electron chi connectivity index (χ3n) is 2.35. The molecule has 2 heteroatoms. The molecule has 2 nitrogen and oxygen atoms in total. The van der Waals surface area contributed by atoms with Gasteiger partial charge in [0.1, 0.15) is 0 Å². The minimum absolute atomic E-state index is 0.822. The maximum atomic E-state index is 5.36. The molecule has 0 unspecified atom stereocenters. The van der Waals surface area contributed by atoms with Gasteiger partial charge >= 0.3 is 0 Å². The number of hydrogen-bond donors (Lipinski definition) is 1. The zero-order valence-corrected chi connectivity index (χ0v) is 10.7. The van der Waals surface area contributed by atoms with Crippen LogP contribution in [0.1, 0.15) is 5.56 Å². The zero-order chi connectivity index (χ0) is 12.7. The Bertz CT molecular complexity index is 418. The van der Waals surface area contributed by atoms with Crippen molar-refractivity contribution in [1.29, 1.82) is 0 Å². The molecule has 0 aliphatic rings. The smallest absolute Gasteiger partial charge is 0.0361 e. The number of nitrogen functional groups attached to an aromatic ring is 1. The molecule has 0 radical (unpaired) electrons. The van der Waals surface area contributed by atoms with E-state index in [1.54, 1.807) is 0 Å². The SMILES string of the molecule is Cc1ccc(N(C)C)cc1.Nc1ccccc1. The van der Waals surface area contributed by atoms with Crippen molar-refractivity contribution in [2.45, 2.75) is 6.92 Å². The van der Waals surface area contributed by atoms with Crippen LogP contribution in [0.25, 0.3) is 0 Å². The molecule has 0 amide bonds. The van der Waals surface area contributed by atoms with E-state index < -0.39 is 0 Å². The number of nitrogens with two attached hydrogens (primary N) is 1. The number of anilines is 2. The summed E-state index contributed by atoms with van der Waals surface area (Å²) >= 11 is 0. The van der Waals surface area contributed by atoms with E-state index in [9.17, 15) is 0 Å². The van der Waals surface area contributed by atoms with E-state index in [0.29, 0.717) is 0 Å². The van der Waals surface area contributed by atoms with Crippen LogP contribution < -0.4 is 10.6 Å². The molecule has 0 saturated heterocycles. The number of benzene rings is 2. The molecule has 0 heterocycles. The molecule has 0 fully saturated rings. The van der Waals surface area contributed by atoms with E-state index in [2.05, 4.69) is 36.1 Å². The summed E-state index contributed by atoms with van der Waals surface area (Å²) in [5.41, 5.74) is 8.75. The second kappa shape index (κ2) is 6.59. The average molecular weight is 228 g/mol. The molecular formula is C15H20N2. The Hall–Kier alpha value is -1.96. The van der Waals surface area contributed by atoms with Crippen LogP contribution in [0.4, 0.5) is 11.4 Å². The highest BCUT2D eigenvalue weighted by Crippen LogP contribution is 2.10. The Labute approximate surface area is 104 Å². The van der Waals surface area contributed by atoms with Gasteiger partial charge in [-0.2, -0.15) is 0 Å². The van der Waals surface area contributed by atoms with Gasteiger partial charge in [-0.3, -0.25) is 0 Å². The van der Waals surface area contributed by atoms with Crippen LogP contribution in [0.15, 0.2) is 54.6 Å². The van der Waals surface area contributed by atoms with Crippen molar-refractivity contribution in [3.63, 3.8) is 0 Å². The minimum atomic E-state index is 0.822. The normalized spacial score (nSPS) is 9.12. The number of para-hydroxylation sites is 1. The summed E-state index contributed by atoms with van der Waals surface area (Å²) in [6, 6.07) is 18.0. The van der Waals surface area contributed by atoms with E-state index >= 15 is 0 Å². The fourth-order valence-electron chi connectivity index (χ4n) is 1.30. The lowest BCUT2D eigenvalue weighted by molar-refractivity contribution is 1.13. The van der Waals surface area contributed by atoms with Crippen molar-refractivity contribution in [1.82, 2.24) is 0 Å². The summed E-state index contributed by atoms with van der Waals surface area (Å²) in [4.78, 5) is 2.10. The number of hydrogen-bond acceptors (Lipinski definition) is 2. The number of rotatable bonds is 1. The minimum Gasteiger partial charge on any atom is -0.399 e. The molecule has 0 spiro atoms. The van der Waals surface area contributed by atoms with E-state index in [1.807, 2.05) is 44.4 Å². The van der Waals surface area contributed by atoms with Gasteiger partial charge in [0.05, 0.1) is 0 Å². The van der Waals surface area contributed by atoms with Gasteiger partial charge in [0.15, 0.2) is 0 Å². The molecule has 2 aromatic rings. The lowest BCUT2D eigenvalue weighted by Gasteiger charge is -2.11. The highest BCUT2D eigenvalue weighted by atomic mass is 15.1. The van der Waals surface area contributed by atoms with Crippen molar-refractivity contribution in [3.05, 3.63) is 60.2 Å². The lowest BCUT2D eigenvalue weighted by Crippen LogP contribution is -2.07. The van der Waals surface area contributed by atoms with Crippen LogP contribution in [0.3, 0.4) is 0 Å². The maximum absolute atomic E-state index is 5.36. The number of nitrogens with zero attached hydrogens (tertiary/aromatic N) is 1. The molecule has 2 N–H and O–H groups in total. The Morgan fingerprint density at radius 1 is 0.824 bits per heavy atom. The molecule has 0 saturated carbocycles. The highest BCUT2D eigenvalue weighted by molar-refractivity contribution is 5.45. The standard InChI is InChI=1S/C9H13N.C6H7N/c1-8-4-6-9(7-5-8)10(2)3;7-6-4-2-1-3-5-6/h4-7H,1-3H3;1-5H,7H2. The fraction of sp³-hybridized carbons (Fsp3) is 0.200. The van der Waals surface area contributed by atoms with Crippen LogP contribution in [-0.4, -0.2) is 14.1 Å². The summed E-state index contributed by atoms with van der Waals surface area (Å²) in [5.74, 6) is 0. The van der Waals surface area contributed by atoms with E-state index in [4.69, 9.17) is 5.73 Å². The maximum Gasteiger partial charge on any atom is 0.0361 e. The van der Waals surface area contributed by atoms with Crippen LogP contribution in [0.5, 0.6) is 0 Å². The van der Waals surface area contributed by atoms with Crippen LogP contribution in [0.2, 0.25) is 0 Å². The highest BCUT2D eigenvalue weighted by Gasteiger charge is 1.90. The summed E-state index contributed by atoms with van der Waals surface area (Å²) in [5, 5.41) is 0. The predicted octanol–water partition coefficient (Wildman–Crippen LogP) is 3.33. The summed E-state index contributed by atoms with van der Waals surface area (Å²) in [7, 11) is 4.09. The van der Waals surface area contributed by atoms with Gasteiger partial charge in [-0.05, 0) is 31.2 Å². The average Bonchev–Trinajstić information content (AvgIpc) is 2.31.